The van der Waals surface area contributed by atoms with Gasteiger partial charge in [0.2, 0.25) is 0 Å². The molecule has 1 heterocycles. The molecule has 0 bridgehead atoms. The van der Waals surface area contributed by atoms with Gasteiger partial charge in [0.05, 0.1) is 17.0 Å². The van der Waals surface area contributed by atoms with Crippen LogP contribution in [0.1, 0.15) is 27.8 Å². The summed E-state index contributed by atoms with van der Waals surface area (Å²) in [5, 5.41) is 10.1. The maximum Gasteiger partial charge on any atom is 0.165 e. The number of rotatable bonds is 6. The van der Waals surface area contributed by atoms with Crippen LogP contribution in [0.25, 0.3) is 89.8 Å². The van der Waals surface area contributed by atoms with Crippen molar-refractivity contribution < 1.29 is 0 Å². The van der Waals surface area contributed by atoms with Gasteiger partial charge in [-0.3, -0.25) is 0 Å². The Morgan fingerprint density at radius 1 is 0.302 bits per heavy atom. The van der Waals surface area contributed by atoms with E-state index in [9.17, 15) is 5.26 Å². The van der Waals surface area contributed by atoms with Crippen LogP contribution >= 0.6 is 0 Å². The van der Waals surface area contributed by atoms with Crippen molar-refractivity contribution in [2.45, 2.75) is 5.41 Å². The molecule has 1 aromatic heterocycles. The van der Waals surface area contributed by atoms with Gasteiger partial charge in [0.15, 0.2) is 17.5 Å². The fourth-order valence-electron chi connectivity index (χ4n) is 10.1. The van der Waals surface area contributed by atoms with Crippen molar-refractivity contribution in [3.8, 4) is 95.9 Å². The molecule has 0 N–H and O–H groups in total. The summed E-state index contributed by atoms with van der Waals surface area (Å²) in [6, 6.07) is 79.1. The highest BCUT2D eigenvalue weighted by atomic mass is 15.0. The van der Waals surface area contributed by atoms with Gasteiger partial charge in [-0.25, -0.2) is 15.0 Å². The van der Waals surface area contributed by atoms with Gasteiger partial charge in [-0.2, -0.15) is 5.26 Å². The van der Waals surface area contributed by atoms with Crippen LogP contribution in [-0.2, 0) is 5.41 Å². The summed E-state index contributed by atoms with van der Waals surface area (Å²) in [4.78, 5) is 15.8. The zero-order chi connectivity index (χ0) is 41.9. The van der Waals surface area contributed by atoms with Crippen LogP contribution in [0, 0.1) is 11.3 Å². The minimum Gasteiger partial charge on any atom is -0.208 e. The quantitative estimate of drug-likeness (QED) is 0.168. The summed E-state index contributed by atoms with van der Waals surface area (Å²) in [6.45, 7) is 0. The lowest BCUT2D eigenvalue weighted by Crippen LogP contribution is -2.25. The number of hydrogen-bond donors (Lipinski definition) is 0. The van der Waals surface area contributed by atoms with Crippen molar-refractivity contribution in [3.63, 3.8) is 0 Å². The van der Waals surface area contributed by atoms with E-state index in [-0.39, 0.29) is 0 Å². The van der Waals surface area contributed by atoms with Crippen LogP contribution in [-0.4, -0.2) is 15.0 Å². The van der Waals surface area contributed by atoms with Crippen molar-refractivity contribution in [1.82, 2.24) is 15.0 Å². The molecule has 1 spiro atoms. The van der Waals surface area contributed by atoms with E-state index in [4.69, 9.17) is 15.0 Å². The maximum atomic E-state index is 10.1. The predicted molar refractivity (Wildman–Crippen MR) is 253 cm³/mol. The highest BCUT2D eigenvalue weighted by Crippen LogP contribution is 2.63. The monoisotopic (exact) mass is 800 g/mol. The van der Waals surface area contributed by atoms with E-state index >= 15 is 0 Å². The number of benzene rings is 9. The Kier molecular flexibility index (Phi) is 8.42. The fraction of sp³-hybridized carbons (Fsp3) is 0.0169. The summed E-state index contributed by atoms with van der Waals surface area (Å²) >= 11 is 0. The molecule has 2 aliphatic rings. The molecule has 0 unspecified atom stereocenters. The molecule has 0 fully saturated rings. The first-order valence-corrected chi connectivity index (χ1v) is 21.2. The summed E-state index contributed by atoms with van der Waals surface area (Å²) in [5.41, 5.74) is 19.0. The SMILES string of the molecule is N#Cc1ccc2c(c1)-c1cc(-c3cccc(-c4nc(-c5ccccc5)nc(-c5c(-c6ccccc6)cccc5-c5ccccc5)n4)c3)ccc1C21c2ccccc2-c2ccccc21. The van der Waals surface area contributed by atoms with Crippen molar-refractivity contribution >= 4 is 0 Å². The second kappa shape index (κ2) is 14.6. The van der Waals surface area contributed by atoms with E-state index in [0.717, 1.165) is 61.2 Å². The molecule has 4 nitrogen and oxygen atoms in total. The third-order valence-corrected chi connectivity index (χ3v) is 12.8. The third kappa shape index (κ3) is 5.72. The molecule has 0 saturated carbocycles. The van der Waals surface area contributed by atoms with E-state index < -0.39 is 5.41 Å². The van der Waals surface area contributed by atoms with Gasteiger partial charge >= 0.3 is 0 Å². The Labute approximate surface area is 366 Å². The van der Waals surface area contributed by atoms with E-state index in [0.29, 0.717) is 23.0 Å². The van der Waals surface area contributed by atoms with Crippen molar-refractivity contribution in [1.29, 1.82) is 5.26 Å². The van der Waals surface area contributed by atoms with Gasteiger partial charge in [0.25, 0.3) is 0 Å². The van der Waals surface area contributed by atoms with Crippen molar-refractivity contribution in [3.05, 3.63) is 246 Å². The Bertz CT molecular complexity index is 3360. The van der Waals surface area contributed by atoms with E-state index in [2.05, 4.69) is 188 Å². The first-order chi connectivity index (χ1) is 31.2. The van der Waals surface area contributed by atoms with Crippen LogP contribution < -0.4 is 0 Å². The first kappa shape index (κ1) is 36.3. The molecular formula is C59H36N4. The van der Waals surface area contributed by atoms with Gasteiger partial charge in [0.1, 0.15) is 0 Å². The fourth-order valence-corrected chi connectivity index (χ4v) is 10.1. The Morgan fingerprint density at radius 2 is 0.730 bits per heavy atom. The lowest BCUT2D eigenvalue weighted by Gasteiger charge is -2.30. The van der Waals surface area contributed by atoms with Gasteiger partial charge in [-0.05, 0) is 102 Å². The molecule has 2 aliphatic carbocycles. The highest BCUT2D eigenvalue weighted by molar-refractivity contribution is 5.97. The molecule has 9 aromatic carbocycles. The zero-order valence-electron chi connectivity index (χ0n) is 34.1. The van der Waals surface area contributed by atoms with Gasteiger partial charge < -0.3 is 0 Å². The number of hydrogen-bond acceptors (Lipinski definition) is 4. The molecule has 4 heteroatoms. The zero-order valence-corrected chi connectivity index (χ0v) is 34.1. The number of fused-ring (bicyclic) bond motifs is 10. The lowest BCUT2D eigenvalue weighted by molar-refractivity contribution is 0.794. The van der Waals surface area contributed by atoms with Crippen LogP contribution in [0.4, 0.5) is 0 Å². The minimum absolute atomic E-state index is 0.490. The third-order valence-electron chi connectivity index (χ3n) is 12.8. The Hall–Kier alpha value is -8.52. The van der Waals surface area contributed by atoms with Crippen LogP contribution in [0.3, 0.4) is 0 Å². The second-order valence-corrected chi connectivity index (χ2v) is 16.2. The molecule has 0 saturated heterocycles. The second-order valence-electron chi connectivity index (χ2n) is 16.2. The molecule has 10 aromatic rings. The van der Waals surface area contributed by atoms with Gasteiger partial charge in [-0.1, -0.05) is 194 Å². The lowest BCUT2D eigenvalue weighted by atomic mass is 9.70. The minimum atomic E-state index is -0.490. The first-order valence-electron chi connectivity index (χ1n) is 21.2. The van der Waals surface area contributed by atoms with Crippen LogP contribution in [0.2, 0.25) is 0 Å². The smallest absolute Gasteiger partial charge is 0.165 e. The van der Waals surface area contributed by atoms with Crippen LogP contribution in [0.15, 0.2) is 218 Å². The summed E-state index contributed by atoms with van der Waals surface area (Å²) < 4.78 is 0. The highest BCUT2D eigenvalue weighted by Gasteiger charge is 2.51. The van der Waals surface area contributed by atoms with Crippen molar-refractivity contribution in [2.75, 3.05) is 0 Å². The molecule has 292 valence electrons. The molecule has 63 heavy (non-hydrogen) atoms. The molecule has 0 atom stereocenters. The van der Waals surface area contributed by atoms with E-state index in [1.165, 1.54) is 33.4 Å². The van der Waals surface area contributed by atoms with Gasteiger partial charge in [0, 0.05) is 16.7 Å². The molecular weight excluding hydrogens is 765 g/mol. The summed E-state index contributed by atoms with van der Waals surface area (Å²) in [6.07, 6.45) is 0. The summed E-state index contributed by atoms with van der Waals surface area (Å²) in [7, 11) is 0. The molecule has 12 rings (SSSR count). The van der Waals surface area contributed by atoms with Crippen LogP contribution in [0.5, 0.6) is 0 Å². The van der Waals surface area contributed by atoms with E-state index in [1.807, 2.05) is 36.4 Å². The average Bonchev–Trinajstić information content (AvgIpc) is 3.83. The predicted octanol–water partition coefficient (Wildman–Crippen LogP) is 14.1. The molecule has 0 aliphatic heterocycles. The van der Waals surface area contributed by atoms with Gasteiger partial charge in [-0.15, -0.1) is 0 Å². The van der Waals surface area contributed by atoms with E-state index in [1.54, 1.807) is 0 Å². The Balaban J connectivity index is 1.04. The molecule has 0 amide bonds. The standard InChI is InChI=1S/C59H36N4/c60-37-38-30-32-53-49(34-38)50-36-43(31-33-54(50)59(53)51-28-12-10-24-47(51)48-25-11-13-29-52(48)59)42-22-14-23-44(35-42)57-61-56(41-20-8-3-9-21-41)62-58(63-57)55-45(39-16-4-1-5-17-39)26-15-27-46(55)40-18-6-2-7-19-40/h1-36H. The van der Waals surface area contributed by atoms with Crippen molar-refractivity contribution in [2.24, 2.45) is 0 Å². The summed E-state index contributed by atoms with van der Waals surface area (Å²) in [5.74, 6) is 1.80. The average molecular weight is 801 g/mol. The Morgan fingerprint density at radius 3 is 1.35 bits per heavy atom. The topological polar surface area (TPSA) is 62.5 Å². The number of aromatic nitrogens is 3. The normalized spacial score (nSPS) is 12.6. The maximum absolute atomic E-state index is 10.1. The number of nitrogens with zero attached hydrogens (tertiary/aromatic N) is 4. The molecule has 0 radical (unpaired) electrons. The number of nitriles is 1. The largest absolute Gasteiger partial charge is 0.208 e.